The van der Waals surface area contributed by atoms with E-state index in [1.54, 1.807) is 23.1 Å². The smallest absolute Gasteiger partial charge is 0.270 e. The molecule has 0 fully saturated rings. The zero-order valence-electron chi connectivity index (χ0n) is 18.4. The maximum atomic E-state index is 12.8. The molecule has 0 aliphatic heterocycles. The van der Waals surface area contributed by atoms with Crippen molar-refractivity contribution < 1.29 is 19.2 Å². The summed E-state index contributed by atoms with van der Waals surface area (Å²) >= 11 is 0. The van der Waals surface area contributed by atoms with Gasteiger partial charge in [0.05, 0.1) is 18.1 Å². The third-order valence-corrected chi connectivity index (χ3v) is 4.45. The van der Waals surface area contributed by atoms with E-state index in [0.717, 1.165) is 18.4 Å². The van der Waals surface area contributed by atoms with Crippen LogP contribution in [0.25, 0.3) is 6.08 Å². The lowest BCUT2D eigenvalue weighted by Crippen LogP contribution is -2.29. The number of hydrogen-bond acceptors (Lipinski definition) is 5. The molecule has 0 radical (unpaired) electrons. The molecule has 0 bridgehead atoms. The molecule has 0 aromatic heterocycles. The molecule has 0 aliphatic carbocycles. The lowest BCUT2D eigenvalue weighted by atomic mass is 10.1. The van der Waals surface area contributed by atoms with Gasteiger partial charge in [0.15, 0.2) is 11.5 Å². The molecule has 7 heteroatoms. The Labute approximate surface area is 183 Å². The van der Waals surface area contributed by atoms with Crippen molar-refractivity contribution in [3.8, 4) is 11.5 Å². The minimum absolute atomic E-state index is 0.00570. The molecule has 0 N–H and O–H groups in total. The van der Waals surface area contributed by atoms with Crippen LogP contribution < -0.4 is 9.47 Å². The third-order valence-electron chi connectivity index (χ3n) is 4.45. The van der Waals surface area contributed by atoms with Crippen molar-refractivity contribution in [2.24, 2.45) is 0 Å². The van der Waals surface area contributed by atoms with Crippen LogP contribution in [0.5, 0.6) is 11.5 Å². The molecule has 0 atom stereocenters. The Hall–Kier alpha value is -3.35. The monoisotopic (exact) mass is 426 g/mol. The molecular weight excluding hydrogens is 396 g/mol. The molecule has 7 nitrogen and oxygen atoms in total. The number of ether oxygens (including phenoxy) is 2. The van der Waals surface area contributed by atoms with Gasteiger partial charge in [-0.25, -0.2) is 0 Å². The topological polar surface area (TPSA) is 81.9 Å². The molecule has 31 heavy (non-hydrogen) atoms. The van der Waals surface area contributed by atoms with Gasteiger partial charge in [-0.3, -0.25) is 14.9 Å². The molecule has 0 aliphatic rings. The molecular formula is C24H30N2O5. The molecule has 2 rings (SSSR count). The second kappa shape index (κ2) is 12.4. The Morgan fingerprint density at radius 2 is 1.87 bits per heavy atom. The van der Waals surface area contributed by atoms with Crippen LogP contribution in [0.1, 0.15) is 44.7 Å². The van der Waals surface area contributed by atoms with Crippen molar-refractivity contribution in [2.75, 3.05) is 19.8 Å². The van der Waals surface area contributed by atoms with Crippen molar-refractivity contribution >= 4 is 17.7 Å². The van der Waals surface area contributed by atoms with Crippen molar-refractivity contribution in [1.82, 2.24) is 4.90 Å². The van der Waals surface area contributed by atoms with E-state index in [0.29, 0.717) is 43.4 Å². The van der Waals surface area contributed by atoms with Gasteiger partial charge in [0.1, 0.15) is 0 Å². The number of nitro groups is 1. The van der Waals surface area contributed by atoms with Crippen LogP contribution in [0, 0.1) is 10.1 Å². The van der Waals surface area contributed by atoms with Crippen molar-refractivity contribution in [3.05, 3.63) is 69.8 Å². The average molecular weight is 427 g/mol. The van der Waals surface area contributed by atoms with Crippen molar-refractivity contribution in [1.29, 1.82) is 0 Å². The average Bonchev–Trinajstić information content (AvgIpc) is 2.77. The molecule has 2 aromatic rings. The maximum absolute atomic E-state index is 12.8. The van der Waals surface area contributed by atoms with Gasteiger partial charge < -0.3 is 14.4 Å². The summed E-state index contributed by atoms with van der Waals surface area (Å²) in [4.78, 5) is 25.0. The predicted octanol–water partition coefficient (Wildman–Crippen LogP) is 5.23. The lowest BCUT2D eigenvalue weighted by molar-refractivity contribution is -0.384. The summed E-state index contributed by atoms with van der Waals surface area (Å²) in [5.41, 5.74) is 1.54. The summed E-state index contributed by atoms with van der Waals surface area (Å²) in [6, 6.07) is 11.9. The first-order chi connectivity index (χ1) is 15.0. The van der Waals surface area contributed by atoms with Crippen LogP contribution in [0.3, 0.4) is 0 Å². The van der Waals surface area contributed by atoms with Crippen LogP contribution >= 0.6 is 0 Å². The number of amides is 1. The Morgan fingerprint density at radius 3 is 2.55 bits per heavy atom. The van der Waals surface area contributed by atoms with Gasteiger partial charge in [-0.05, 0) is 49.1 Å². The van der Waals surface area contributed by atoms with Crippen LogP contribution in [0.4, 0.5) is 5.69 Å². The fraction of sp³-hybridized carbons (Fsp3) is 0.375. The standard InChI is InChI=1S/C24H30N2O5/c1-4-14-25(24(27)13-11-19-8-7-9-21(16-19)26(28)29)18-20-10-12-22(31-15-5-2)23(17-20)30-6-3/h7-13,16-17H,4-6,14-15,18H2,1-3H3/b13-11+. The van der Waals surface area contributed by atoms with Gasteiger partial charge >= 0.3 is 0 Å². The first-order valence-electron chi connectivity index (χ1n) is 10.6. The highest BCUT2D eigenvalue weighted by Crippen LogP contribution is 2.29. The first kappa shape index (κ1) is 23.9. The number of benzene rings is 2. The fourth-order valence-electron chi connectivity index (χ4n) is 3.02. The Bertz CT molecular complexity index is 911. The molecule has 0 unspecified atom stereocenters. The quantitative estimate of drug-likeness (QED) is 0.263. The number of non-ortho nitro benzene ring substituents is 1. The van der Waals surface area contributed by atoms with Gasteiger partial charge in [0.2, 0.25) is 5.91 Å². The highest BCUT2D eigenvalue weighted by atomic mass is 16.6. The number of hydrogen-bond donors (Lipinski definition) is 0. The molecule has 2 aromatic carbocycles. The number of carbonyl (C=O) groups is 1. The Balaban J connectivity index is 2.16. The number of carbonyl (C=O) groups excluding carboxylic acids is 1. The second-order valence-corrected chi connectivity index (χ2v) is 7.01. The highest BCUT2D eigenvalue weighted by molar-refractivity contribution is 5.91. The molecule has 0 saturated carbocycles. The van der Waals surface area contributed by atoms with E-state index < -0.39 is 4.92 Å². The van der Waals surface area contributed by atoms with Crippen LogP contribution in [-0.4, -0.2) is 35.5 Å². The van der Waals surface area contributed by atoms with E-state index >= 15 is 0 Å². The van der Waals surface area contributed by atoms with E-state index in [4.69, 9.17) is 9.47 Å². The molecule has 0 spiro atoms. The maximum Gasteiger partial charge on any atom is 0.270 e. The van der Waals surface area contributed by atoms with Gasteiger partial charge in [0.25, 0.3) is 5.69 Å². The number of rotatable bonds is 12. The fourth-order valence-corrected chi connectivity index (χ4v) is 3.02. The van der Waals surface area contributed by atoms with E-state index in [-0.39, 0.29) is 11.6 Å². The summed E-state index contributed by atoms with van der Waals surface area (Å²) in [6.07, 6.45) is 4.78. The highest BCUT2D eigenvalue weighted by Gasteiger charge is 2.13. The predicted molar refractivity (Wildman–Crippen MR) is 121 cm³/mol. The second-order valence-electron chi connectivity index (χ2n) is 7.01. The Kier molecular flexibility index (Phi) is 9.55. The van der Waals surface area contributed by atoms with Crippen LogP contribution in [0.2, 0.25) is 0 Å². The first-order valence-corrected chi connectivity index (χ1v) is 10.6. The summed E-state index contributed by atoms with van der Waals surface area (Å²) in [7, 11) is 0. The molecule has 0 saturated heterocycles. The van der Waals surface area contributed by atoms with E-state index in [9.17, 15) is 14.9 Å². The lowest BCUT2D eigenvalue weighted by Gasteiger charge is -2.21. The van der Waals surface area contributed by atoms with E-state index in [1.165, 1.54) is 18.2 Å². The van der Waals surface area contributed by atoms with Gasteiger partial charge in [0, 0.05) is 31.3 Å². The minimum Gasteiger partial charge on any atom is -0.490 e. The van der Waals surface area contributed by atoms with Gasteiger partial charge in [-0.1, -0.05) is 32.0 Å². The van der Waals surface area contributed by atoms with E-state index in [2.05, 4.69) is 0 Å². The van der Waals surface area contributed by atoms with Gasteiger partial charge in [-0.2, -0.15) is 0 Å². The third kappa shape index (κ3) is 7.44. The summed E-state index contributed by atoms with van der Waals surface area (Å²) in [5.74, 6) is 1.22. The van der Waals surface area contributed by atoms with Crippen LogP contribution in [-0.2, 0) is 11.3 Å². The number of nitrogens with zero attached hydrogens (tertiary/aromatic N) is 2. The largest absolute Gasteiger partial charge is 0.490 e. The van der Waals surface area contributed by atoms with Crippen molar-refractivity contribution in [2.45, 2.75) is 40.2 Å². The van der Waals surface area contributed by atoms with Crippen molar-refractivity contribution in [3.63, 3.8) is 0 Å². The molecule has 1 amide bonds. The normalized spacial score (nSPS) is 10.8. The van der Waals surface area contributed by atoms with Crippen LogP contribution in [0.15, 0.2) is 48.5 Å². The zero-order chi connectivity index (χ0) is 22.6. The number of nitro benzene ring substituents is 1. The Morgan fingerprint density at radius 1 is 1.06 bits per heavy atom. The van der Waals surface area contributed by atoms with Gasteiger partial charge in [-0.15, -0.1) is 0 Å². The summed E-state index contributed by atoms with van der Waals surface area (Å²) in [6.45, 7) is 8.14. The summed E-state index contributed by atoms with van der Waals surface area (Å²) in [5, 5.41) is 10.9. The van der Waals surface area contributed by atoms with E-state index in [1.807, 2.05) is 39.0 Å². The molecule has 0 heterocycles. The minimum atomic E-state index is -0.452. The summed E-state index contributed by atoms with van der Waals surface area (Å²) < 4.78 is 11.5. The zero-order valence-corrected chi connectivity index (χ0v) is 18.4. The molecule has 166 valence electrons. The SMILES string of the molecule is CCCOc1ccc(CN(CCC)C(=O)/C=C/c2cccc([N+](=O)[O-])c2)cc1OCC.